The number of nitrogens with two attached hydrogens (primary N) is 1. The zero-order valence-corrected chi connectivity index (χ0v) is 10.5. The number of ether oxygens (including phenoxy) is 1. The normalized spacial score (nSPS) is 19.4. The number of hydrogen-bond acceptors (Lipinski definition) is 4. The van der Waals surface area contributed by atoms with E-state index < -0.39 is 0 Å². The van der Waals surface area contributed by atoms with Gasteiger partial charge in [-0.25, -0.2) is 4.98 Å². The number of methoxy groups -OCH3 is 1. The summed E-state index contributed by atoms with van der Waals surface area (Å²) in [4.78, 5) is 4.54. The number of aromatic nitrogens is 3. The molecule has 1 saturated carbocycles. The van der Waals surface area contributed by atoms with Gasteiger partial charge in [-0.3, -0.25) is 5.10 Å². The fourth-order valence-electron chi connectivity index (χ4n) is 2.39. The van der Waals surface area contributed by atoms with Crippen LogP contribution in [0.4, 0.5) is 0 Å². The van der Waals surface area contributed by atoms with Crippen molar-refractivity contribution in [2.45, 2.75) is 50.5 Å². The van der Waals surface area contributed by atoms with Crippen molar-refractivity contribution >= 4 is 0 Å². The first-order valence-corrected chi connectivity index (χ1v) is 6.48. The number of H-pyrrole nitrogens is 1. The van der Waals surface area contributed by atoms with Gasteiger partial charge in [-0.05, 0) is 19.3 Å². The standard InChI is InChI=1S/C12H22N4O/c1-17-8-7-10(13)12-14-11(15-16-12)9-5-3-2-4-6-9/h9-10H,2-8,13H2,1H3,(H,14,15,16). The highest BCUT2D eigenvalue weighted by Gasteiger charge is 2.20. The molecule has 96 valence electrons. The Bertz CT molecular complexity index is 333. The van der Waals surface area contributed by atoms with Crippen LogP contribution in [-0.2, 0) is 4.74 Å². The van der Waals surface area contributed by atoms with Gasteiger partial charge in [0, 0.05) is 19.6 Å². The van der Waals surface area contributed by atoms with Crippen molar-refractivity contribution in [1.82, 2.24) is 15.2 Å². The number of nitrogens with one attached hydrogen (secondary N) is 1. The molecule has 3 N–H and O–H groups in total. The Labute approximate surface area is 102 Å². The maximum Gasteiger partial charge on any atom is 0.167 e. The Morgan fingerprint density at radius 2 is 2.18 bits per heavy atom. The molecule has 1 aromatic rings. The molecule has 5 nitrogen and oxygen atoms in total. The smallest absolute Gasteiger partial charge is 0.167 e. The zero-order chi connectivity index (χ0) is 12.1. The van der Waals surface area contributed by atoms with Crippen molar-refractivity contribution in [3.63, 3.8) is 0 Å². The first-order chi connectivity index (χ1) is 8.31. The molecule has 0 amide bonds. The minimum atomic E-state index is -0.122. The van der Waals surface area contributed by atoms with Gasteiger partial charge in [0.2, 0.25) is 0 Å². The van der Waals surface area contributed by atoms with Crippen molar-refractivity contribution in [2.24, 2.45) is 5.73 Å². The number of aromatic amines is 1. The van der Waals surface area contributed by atoms with Crippen LogP contribution in [0, 0.1) is 0 Å². The molecule has 2 rings (SSSR count). The number of rotatable bonds is 5. The lowest BCUT2D eigenvalue weighted by Crippen LogP contribution is -2.14. The summed E-state index contributed by atoms with van der Waals surface area (Å²) < 4.78 is 5.01. The predicted molar refractivity (Wildman–Crippen MR) is 65.6 cm³/mol. The SMILES string of the molecule is COCCC(N)c1n[nH]c(C2CCCCC2)n1. The van der Waals surface area contributed by atoms with Crippen LogP contribution in [0.25, 0.3) is 0 Å². The second kappa shape index (κ2) is 6.12. The molecule has 1 aliphatic carbocycles. The molecule has 5 heteroatoms. The number of hydrogen-bond donors (Lipinski definition) is 2. The van der Waals surface area contributed by atoms with E-state index in [4.69, 9.17) is 10.5 Å². The lowest BCUT2D eigenvalue weighted by Gasteiger charge is -2.18. The largest absolute Gasteiger partial charge is 0.385 e. The monoisotopic (exact) mass is 238 g/mol. The van der Waals surface area contributed by atoms with Gasteiger partial charge in [0.15, 0.2) is 5.82 Å². The molecule has 1 aliphatic rings. The first kappa shape index (κ1) is 12.5. The third kappa shape index (κ3) is 3.26. The van der Waals surface area contributed by atoms with Gasteiger partial charge < -0.3 is 10.5 Å². The Morgan fingerprint density at radius 1 is 1.41 bits per heavy atom. The summed E-state index contributed by atoms with van der Waals surface area (Å²) in [7, 11) is 1.68. The summed E-state index contributed by atoms with van der Waals surface area (Å²) in [5.41, 5.74) is 6.00. The van der Waals surface area contributed by atoms with Crippen LogP contribution in [0.1, 0.15) is 62.1 Å². The molecule has 1 fully saturated rings. The van der Waals surface area contributed by atoms with E-state index in [0.717, 1.165) is 18.1 Å². The minimum Gasteiger partial charge on any atom is -0.385 e. The lowest BCUT2D eigenvalue weighted by atomic mass is 9.89. The lowest BCUT2D eigenvalue weighted by molar-refractivity contribution is 0.187. The van der Waals surface area contributed by atoms with Crippen molar-refractivity contribution in [1.29, 1.82) is 0 Å². The Balaban J connectivity index is 1.94. The topological polar surface area (TPSA) is 76.8 Å². The van der Waals surface area contributed by atoms with Crippen LogP contribution >= 0.6 is 0 Å². The molecule has 1 heterocycles. The van der Waals surface area contributed by atoms with Crippen molar-refractivity contribution in [3.05, 3.63) is 11.6 Å². The fourth-order valence-corrected chi connectivity index (χ4v) is 2.39. The molecule has 0 saturated heterocycles. The van der Waals surface area contributed by atoms with Gasteiger partial charge in [-0.15, -0.1) is 0 Å². The highest BCUT2D eigenvalue weighted by molar-refractivity contribution is 5.01. The van der Waals surface area contributed by atoms with E-state index in [0.29, 0.717) is 12.5 Å². The highest BCUT2D eigenvalue weighted by atomic mass is 16.5. The Hall–Kier alpha value is -0.940. The number of nitrogens with zero attached hydrogens (tertiary/aromatic N) is 2. The van der Waals surface area contributed by atoms with Crippen LogP contribution in [0.15, 0.2) is 0 Å². The van der Waals surface area contributed by atoms with Crippen molar-refractivity contribution < 1.29 is 4.74 Å². The maximum absolute atomic E-state index is 6.00. The summed E-state index contributed by atoms with van der Waals surface area (Å²) >= 11 is 0. The third-order valence-electron chi connectivity index (χ3n) is 3.48. The molecule has 0 spiro atoms. The van der Waals surface area contributed by atoms with Crippen LogP contribution in [0.2, 0.25) is 0 Å². The average Bonchev–Trinajstić information content (AvgIpc) is 2.86. The van der Waals surface area contributed by atoms with Crippen molar-refractivity contribution in [3.8, 4) is 0 Å². The molecule has 0 aromatic carbocycles. The zero-order valence-electron chi connectivity index (χ0n) is 10.5. The second-order valence-electron chi connectivity index (χ2n) is 4.80. The maximum atomic E-state index is 6.00. The minimum absolute atomic E-state index is 0.122. The predicted octanol–water partition coefficient (Wildman–Crippen LogP) is 1.89. The van der Waals surface area contributed by atoms with Crippen LogP contribution in [-0.4, -0.2) is 28.9 Å². The van der Waals surface area contributed by atoms with Gasteiger partial charge in [-0.2, -0.15) is 5.10 Å². The van der Waals surface area contributed by atoms with Gasteiger partial charge in [0.25, 0.3) is 0 Å². The van der Waals surface area contributed by atoms with Gasteiger partial charge >= 0.3 is 0 Å². The van der Waals surface area contributed by atoms with E-state index in [1.165, 1.54) is 32.1 Å². The van der Waals surface area contributed by atoms with Gasteiger partial charge in [0.1, 0.15) is 5.82 Å². The van der Waals surface area contributed by atoms with Crippen LogP contribution < -0.4 is 5.73 Å². The van der Waals surface area contributed by atoms with E-state index in [2.05, 4.69) is 15.2 Å². The van der Waals surface area contributed by atoms with Crippen LogP contribution in [0.3, 0.4) is 0 Å². The van der Waals surface area contributed by atoms with E-state index in [-0.39, 0.29) is 6.04 Å². The molecular weight excluding hydrogens is 216 g/mol. The van der Waals surface area contributed by atoms with Crippen LogP contribution in [0.5, 0.6) is 0 Å². The molecular formula is C12H22N4O. The van der Waals surface area contributed by atoms with Gasteiger partial charge in [-0.1, -0.05) is 19.3 Å². The molecule has 0 aliphatic heterocycles. The molecule has 0 radical (unpaired) electrons. The Morgan fingerprint density at radius 3 is 2.88 bits per heavy atom. The molecule has 17 heavy (non-hydrogen) atoms. The second-order valence-corrected chi connectivity index (χ2v) is 4.80. The highest BCUT2D eigenvalue weighted by Crippen LogP contribution is 2.30. The van der Waals surface area contributed by atoms with Gasteiger partial charge in [0.05, 0.1) is 6.04 Å². The summed E-state index contributed by atoms with van der Waals surface area (Å²) in [5, 5.41) is 7.28. The third-order valence-corrected chi connectivity index (χ3v) is 3.48. The fraction of sp³-hybridized carbons (Fsp3) is 0.833. The van der Waals surface area contributed by atoms with E-state index in [1.807, 2.05) is 0 Å². The van der Waals surface area contributed by atoms with E-state index in [9.17, 15) is 0 Å². The van der Waals surface area contributed by atoms with Crippen molar-refractivity contribution in [2.75, 3.05) is 13.7 Å². The summed E-state index contributed by atoms with van der Waals surface area (Å²) in [6.45, 7) is 0.647. The first-order valence-electron chi connectivity index (χ1n) is 6.48. The summed E-state index contributed by atoms with van der Waals surface area (Å²) in [6, 6.07) is -0.122. The summed E-state index contributed by atoms with van der Waals surface area (Å²) in [5.74, 6) is 2.30. The molecule has 1 atom stereocenters. The molecule has 0 bridgehead atoms. The van der Waals surface area contributed by atoms with E-state index in [1.54, 1.807) is 7.11 Å². The Kier molecular flexibility index (Phi) is 4.50. The average molecular weight is 238 g/mol. The van der Waals surface area contributed by atoms with E-state index >= 15 is 0 Å². The molecule has 1 aromatic heterocycles. The quantitative estimate of drug-likeness (QED) is 0.821. The summed E-state index contributed by atoms with van der Waals surface area (Å²) in [6.07, 6.45) is 7.17. The molecule has 1 unspecified atom stereocenters.